The van der Waals surface area contributed by atoms with Crippen LogP contribution in [-0.4, -0.2) is 24.4 Å². The summed E-state index contributed by atoms with van der Waals surface area (Å²) in [6, 6.07) is 7.01. The maximum absolute atomic E-state index is 12.0. The van der Waals surface area contributed by atoms with E-state index in [2.05, 4.69) is 4.84 Å². The number of hydroxylamine groups is 1. The lowest BCUT2D eigenvalue weighted by molar-refractivity contribution is -0.240. The third kappa shape index (κ3) is 2.19. The molecule has 1 aliphatic heterocycles. The van der Waals surface area contributed by atoms with Crippen molar-refractivity contribution in [3.63, 3.8) is 0 Å². The number of hydrogen-bond donors (Lipinski definition) is 0. The molecule has 0 saturated carbocycles. The Balaban J connectivity index is 2.11. The van der Waals surface area contributed by atoms with Crippen molar-refractivity contribution in [2.24, 2.45) is 0 Å². The van der Waals surface area contributed by atoms with E-state index >= 15 is 0 Å². The maximum atomic E-state index is 12.0. The SMILES string of the molecule is CN1c2ccccc2CN1OC(=O)C(F)(F)F. The van der Waals surface area contributed by atoms with Crippen LogP contribution in [0.25, 0.3) is 0 Å². The first-order valence-corrected chi connectivity index (χ1v) is 4.78. The monoisotopic (exact) mass is 246 g/mol. The second-order valence-corrected chi connectivity index (χ2v) is 3.54. The quantitative estimate of drug-likeness (QED) is 0.757. The summed E-state index contributed by atoms with van der Waals surface area (Å²) in [4.78, 5) is 15.0. The fourth-order valence-corrected chi connectivity index (χ4v) is 1.57. The van der Waals surface area contributed by atoms with Crippen LogP contribution < -0.4 is 5.01 Å². The van der Waals surface area contributed by atoms with E-state index in [4.69, 9.17) is 0 Å². The maximum Gasteiger partial charge on any atom is 0.492 e. The number of nitrogens with zero attached hydrogens (tertiary/aromatic N) is 2. The number of halogens is 3. The van der Waals surface area contributed by atoms with Crippen molar-refractivity contribution in [1.29, 1.82) is 0 Å². The summed E-state index contributed by atoms with van der Waals surface area (Å²) in [5.41, 5.74) is 1.51. The smallest absolute Gasteiger partial charge is 0.340 e. The highest BCUT2D eigenvalue weighted by atomic mass is 19.4. The molecule has 1 aromatic carbocycles. The van der Waals surface area contributed by atoms with E-state index in [1.165, 1.54) is 12.1 Å². The molecule has 2 rings (SSSR count). The molecule has 4 nitrogen and oxygen atoms in total. The molecular weight excluding hydrogens is 237 g/mol. The van der Waals surface area contributed by atoms with Gasteiger partial charge in [-0.25, -0.2) is 4.79 Å². The molecule has 0 aliphatic carbocycles. The van der Waals surface area contributed by atoms with Crippen LogP contribution in [0.5, 0.6) is 0 Å². The standard InChI is InChI=1S/C10H9F3N2O2/c1-14-8-5-3-2-4-7(8)6-15(14)17-9(16)10(11,12)13/h2-5H,6H2,1H3. The second-order valence-electron chi connectivity index (χ2n) is 3.54. The Morgan fingerprint density at radius 2 is 2.00 bits per heavy atom. The normalized spacial score (nSPS) is 15.9. The van der Waals surface area contributed by atoms with Crippen molar-refractivity contribution in [1.82, 2.24) is 5.17 Å². The molecule has 92 valence electrons. The number of hydrazine groups is 1. The minimum atomic E-state index is -4.99. The van der Waals surface area contributed by atoms with Gasteiger partial charge in [0.15, 0.2) is 0 Å². The Kier molecular flexibility index (Phi) is 2.70. The summed E-state index contributed by atoms with van der Waals surface area (Å²) >= 11 is 0. The highest BCUT2D eigenvalue weighted by Crippen LogP contribution is 2.30. The summed E-state index contributed by atoms with van der Waals surface area (Å²) in [5.74, 6) is -2.22. The average molecular weight is 246 g/mol. The van der Waals surface area contributed by atoms with E-state index in [-0.39, 0.29) is 6.54 Å². The molecule has 0 saturated heterocycles. The largest absolute Gasteiger partial charge is 0.492 e. The Morgan fingerprint density at radius 1 is 1.35 bits per heavy atom. The van der Waals surface area contributed by atoms with Crippen molar-refractivity contribution in [3.8, 4) is 0 Å². The van der Waals surface area contributed by atoms with Crippen molar-refractivity contribution < 1.29 is 22.8 Å². The lowest BCUT2D eigenvalue weighted by Gasteiger charge is -2.24. The summed E-state index contributed by atoms with van der Waals surface area (Å²) < 4.78 is 36.1. The predicted molar refractivity (Wildman–Crippen MR) is 52.5 cm³/mol. The average Bonchev–Trinajstić information content (AvgIpc) is 2.55. The third-order valence-corrected chi connectivity index (χ3v) is 2.40. The minimum absolute atomic E-state index is 0.106. The van der Waals surface area contributed by atoms with Gasteiger partial charge in [-0.2, -0.15) is 13.2 Å². The van der Waals surface area contributed by atoms with Crippen molar-refractivity contribution in [3.05, 3.63) is 29.8 Å². The molecule has 0 fully saturated rings. The van der Waals surface area contributed by atoms with E-state index in [1.54, 1.807) is 24.3 Å². The number of hydrogen-bond acceptors (Lipinski definition) is 4. The van der Waals surface area contributed by atoms with Crippen LogP contribution in [0.4, 0.5) is 18.9 Å². The molecule has 1 aliphatic rings. The summed E-state index contributed by atoms with van der Waals surface area (Å²) in [6.45, 7) is 0.106. The Bertz CT molecular complexity index is 447. The number of anilines is 1. The van der Waals surface area contributed by atoms with E-state index in [0.717, 1.165) is 10.7 Å². The summed E-state index contributed by atoms with van der Waals surface area (Å²) in [7, 11) is 1.52. The van der Waals surface area contributed by atoms with Crippen LogP contribution in [0.1, 0.15) is 5.56 Å². The van der Waals surface area contributed by atoms with Gasteiger partial charge >= 0.3 is 12.1 Å². The zero-order valence-electron chi connectivity index (χ0n) is 8.86. The van der Waals surface area contributed by atoms with Crippen molar-refractivity contribution >= 4 is 11.7 Å². The van der Waals surface area contributed by atoms with Gasteiger partial charge in [0.05, 0.1) is 12.2 Å². The van der Waals surface area contributed by atoms with Gasteiger partial charge in [0.25, 0.3) is 0 Å². The molecule has 0 unspecified atom stereocenters. The Labute approximate surface area is 95.1 Å². The van der Waals surface area contributed by atoms with Gasteiger partial charge < -0.3 is 4.84 Å². The van der Waals surface area contributed by atoms with E-state index in [1.807, 2.05) is 0 Å². The van der Waals surface area contributed by atoms with Gasteiger partial charge in [-0.05, 0) is 16.8 Å². The van der Waals surface area contributed by atoms with Crippen LogP contribution in [0.3, 0.4) is 0 Å². The predicted octanol–water partition coefficient (Wildman–Crippen LogP) is 1.87. The lowest BCUT2D eigenvalue weighted by atomic mass is 10.2. The van der Waals surface area contributed by atoms with Gasteiger partial charge in [0.2, 0.25) is 0 Å². The van der Waals surface area contributed by atoms with Crippen LogP contribution >= 0.6 is 0 Å². The fourth-order valence-electron chi connectivity index (χ4n) is 1.57. The van der Waals surface area contributed by atoms with E-state index < -0.39 is 12.1 Å². The van der Waals surface area contributed by atoms with Gasteiger partial charge in [0, 0.05) is 7.05 Å². The summed E-state index contributed by atoms with van der Waals surface area (Å²) in [6.07, 6.45) is -4.99. The van der Waals surface area contributed by atoms with Gasteiger partial charge in [-0.15, -0.1) is 0 Å². The number of carbonyl (C=O) groups is 1. The third-order valence-electron chi connectivity index (χ3n) is 2.40. The molecular formula is C10H9F3N2O2. The minimum Gasteiger partial charge on any atom is -0.340 e. The number of rotatable bonds is 1. The van der Waals surface area contributed by atoms with Gasteiger partial charge in [-0.1, -0.05) is 18.2 Å². The Hall–Kier alpha value is -1.76. The molecule has 1 aromatic rings. The Morgan fingerprint density at radius 3 is 2.59 bits per heavy atom. The van der Waals surface area contributed by atoms with Gasteiger partial charge in [0.1, 0.15) is 0 Å². The molecule has 0 N–H and O–H groups in total. The first kappa shape index (κ1) is 11.7. The lowest BCUT2D eigenvalue weighted by Crippen LogP contribution is -2.40. The molecule has 0 spiro atoms. The summed E-state index contributed by atoms with van der Waals surface area (Å²) in [5, 5.41) is 2.24. The molecule has 0 bridgehead atoms. The highest BCUT2D eigenvalue weighted by Gasteiger charge is 2.44. The van der Waals surface area contributed by atoms with Crippen LogP contribution in [-0.2, 0) is 16.2 Å². The zero-order valence-corrected chi connectivity index (χ0v) is 8.86. The van der Waals surface area contributed by atoms with Crippen molar-refractivity contribution in [2.45, 2.75) is 12.7 Å². The number of alkyl halides is 3. The molecule has 1 heterocycles. The van der Waals surface area contributed by atoms with Gasteiger partial charge in [-0.3, -0.25) is 5.01 Å². The van der Waals surface area contributed by atoms with Crippen LogP contribution in [0.15, 0.2) is 24.3 Å². The first-order chi connectivity index (χ1) is 7.89. The van der Waals surface area contributed by atoms with Crippen molar-refractivity contribution in [2.75, 3.05) is 12.1 Å². The van der Waals surface area contributed by atoms with E-state index in [9.17, 15) is 18.0 Å². The number of para-hydroxylation sites is 1. The zero-order chi connectivity index (χ0) is 12.6. The molecule has 0 amide bonds. The number of carbonyl (C=O) groups excluding carboxylic acids is 1. The fraction of sp³-hybridized carbons (Fsp3) is 0.300. The molecule has 0 radical (unpaired) electrons. The first-order valence-electron chi connectivity index (χ1n) is 4.78. The highest BCUT2D eigenvalue weighted by molar-refractivity contribution is 5.75. The van der Waals surface area contributed by atoms with Crippen LogP contribution in [0.2, 0.25) is 0 Å². The topological polar surface area (TPSA) is 32.8 Å². The number of benzene rings is 1. The molecule has 7 heteroatoms. The van der Waals surface area contributed by atoms with E-state index in [0.29, 0.717) is 5.69 Å². The molecule has 0 atom stereocenters. The van der Waals surface area contributed by atoms with Crippen LogP contribution in [0, 0.1) is 0 Å². The second kappa shape index (κ2) is 3.92. The molecule has 0 aromatic heterocycles. The molecule has 17 heavy (non-hydrogen) atoms. The number of fused-ring (bicyclic) bond motifs is 1.